The Morgan fingerprint density at radius 3 is 1.66 bits per heavy atom. The van der Waals surface area contributed by atoms with Crippen molar-refractivity contribution in [3.63, 3.8) is 0 Å². The first-order valence-corrected chi connectivity index (χ1v) is 24.1. The maximum atomic E-state index is 12.7. The lowest BCUT2D eigenvalue weighted by molar-refractivity contribution is 0.0600. The van der Waals surface area contributed by atoms with E-state index >= 15 is 0 Å². The number of rotatable bonds is 5. The molecule has 0 atom stereocenters. The quantitative estimate of drug-likeness (QED) is 0.124. The highest BCUT2D eigenvalue weighted by atomic mass is 32.2. The predicted molar refractivity (Wildman–Crippen MR) is 263 cm³/mol. The highest BCUT2D eigenvalue weighted by molar-refractivity contribution is 7.90. The summed E-state index contributed by atoms with van der Waals surface area (Å²) >= 11 is 0. The number of benzene rings is 6. The van der Waals surface area contributed by atoms with Crippen LogP contribution >= 0.6 is 0 Å². The van der Waals surface area contributed by atoms with Crippen LogP contribution in [0.4, 0.5) is 0 Å². The summed E-state index contributed by atoms with van der Waals surface area (Å²) in [5.41, 5.74) is 14.2. The third-order valence-electron chi connectivity index (χ3n) is 12.5. The molecule has 4 aliphatic carbocycles. The Labute approximate surface area is 391 Å². The lowest BCUT2D eigenvalue weighted by Gasteiger charge is -2.22. The number of aryl methyl sites for hydroxylation is 3. The molecular weight excluding hydrogens is 857 g/mol. The summed E-state index contributed by atoms with van der Waals surface area (Å²) < 4.78 is 32.9. The molecule has 10 rings (SSSR count). The Kier molecular flexibility index (Phi) is 14.0. The standard InChI is InChI=1S/C20H16O.C19H18O4S.C19H16O3/c21-20-18-8-4-3-6-15(18)11-12-19(20)17-10-9-14-5-1-2-7-16(14)13-17;1-23-16-8-7-14-5-6-15(19(20)18(14)12-16)11-13-3-9-17(10-4-13)24(2,21)22;1-22-19(21)15-8-6-13(7-9-15)12-16-11-10-14-4-2-3-5-17(14)18(16)20/h1-10H,11-13H2;3-4,7-12H,5-6H2,1-2H3;2-9,12H,10-11H2,1H3. The van der Waals surface area contributed by atoms with Gasteiger partial charge in [-0.15, -0.1) is 0 Å². The molecule has 336 valence electrons. The van der Waals surface area contributed by atoms with Crippen LogP contribution in [0.2, 0.25) is 0 Å². The van der Waals surface area contributed by atoms with Crippen molar-refractivity contribution in [2.24, 2.45) is 0 Å². The summed E-state index contributed by atoms with van der Waals surface area (Å²) in [7, 11) is -0.277. The van der Waals surface area contributed by atoms with Crippen molar-refractivity contribution in [1.82, 2.24) is 0 Å². The molecule has 0 heterocycles. The number of Topliss-reactive ketones (excluding diaryl/α,β-unsaturated/α-hetero) is 3. The largest absolute Gasteiger partial charge is 0.497 e. The summed E-state index contributed by atoms with van der Waals surface area (Å²) in [5.74, 6) is 0.625. The first-order chi connectivity index (χ1) is 32.4. The van der Waals surface area contributed by atoms with Crippen LogP contribution in [0.25, 0.3) is 18.2 Å². The van der Waals surface area contributed by atoms with E-state index in [0.717, 1.165) is 88.6 Å². The van der Waals surface area contributed by atoms with E-state index in [1.165, 1.54) is 35.6 Å². The van der Waals surface area contributed by atoms with Crippen molar-refractivity contribution in [2.75, 3.05) is 20.5 Å². The lowest BCUT2D eigenvalue weighted by Crippen LogP contribution is -2.17. The fourth-order valence-corrected chi connectivity index (χ4v) is 9.46. The van der Waals surface area contributed by atoms with Crippen molar-refractivity contribution < 1.29 is 37.1 Å². The zero-order valence-electron chi connectivity index (χ0n) is 37.7. The van der Waals surface area contributed by atoms with Gasteiger partial charge in [0.15, 0.2) is 27.2 Å². The fourth-order valence-electron chi connectivity index (χ4n) is 8.83. The van der Waals surface area contributed by atoms with Gasteiger partial charge in [-0.05, 0) is 138 Å². The maximum Gasteiger partial charge on any atom is 0.337 e. The van der Waals surface area contributed by atoms with E-state index in [4.69, 9.17) is 4.74 Å². The molecule has 0 fully saturated rings. The molecule has 0 saturated carbocycles. The number of esters is 1. The second-order valence-corrected chi connectivity index (χ2v) is 18.8. The van der Waals surface area contributed by atoms with Crippen LogP contribution in [0.15, 0.2) is 173 Å². The van der Waals surface area contributed by atoms with Gasteiger partial charge in [-0.2, -0.15) is 0 Å². The van der Waals surface area contributed by atoms with Crippen molar-refractivity contribution >= 4 is 51.4 Å². The normalized spacial score (nSPS) is 17.1. The Bertz CT molecular complexity index is 3150. The number of fused-ring (bicyclic) bond motifs is 4. The van der Waals surface area contributed by atoms with Crippen LogP contribution in [0, 0.1) is 0 Å². The van der Waals surface area contributed by atoms with Crippen LogP contribution in [-0.2, 0) is 40.3 Å². The highest BCUT2D eigenvalue weighted by Crippen LogP contribution is 2.33. The van der Waals surface area contributed by atoms with Gasteiger partial charge in [0.25, 0.3) is 0 Å². The minimum Gasteiger partial charge on any atom is -0.497 e. The van der Waals surface area contributed by atoms with Gasteiger partial charge >= 0.3 is 5.97 Å². The van der Waals surface area contributed by atoms with Crippen LogP contribution in [-0.4, -0.2) is 52.2 Å². The lowest BCUT2D eigenvalue weighted by atomic mass is 9.81. The topological polar surface area (TPSA) is 121 Å². The maximum absolute atomic E-state index is 12.7. The van der Waals surface area contributed by atoms with E-state index < -0.39 is 9.84 Å². The number of hydrogen-bond acceptors (Lipinski definition) is 8. The molecule has 0 radical (unpaired) electrons. The minimum atomic E-state index is -3.21. The average molecular weight is 907 g/mol. The average Bonchev–Trinajstić information content (AvgIpc) is 3.36. The number of ether oxygens (including phenoxy) is 2. The zero-order chi connectivity index (χ0) is 47.1. The molecular formula is C58H50O8S. The van der Waals surface area contributed by atoms with E-state index in [-0.39, 0.29) is 28.2 Å². The predicted octanol–water partition coefficient (Wildman–Crippen LogP) is 11.4. The summed E-state index contributed by atoms with van der Waals surface area (Å²) in [4.78, 5) is 49.6. The van der Waals surface area contributed by atoms with Crippen molar-refractivity contribution in [3.05, 3.63) is 229 Å². The van der Waals surface area contributed by atoms with Crippen LogP contribution in [0.3, 0.4) is 0 Å². The van der Waals surface area contributed by atoms with E-state index in [1.807, 2.05) is 78.9 Å². The summed E-state index contributed by atoms with van der Waals surface area (Å²) in [6.07, 6.45) is 15.0. The first-order valence-electron chi connectivity index (χ1n) is 22.2. The van der Waals surface area contributed by atoms with Crippen LogP contribution in [0.1, 0.15) is 99.6 Å². The Balaban J connectivity index is 0.000000136. The molecule has 67 heavy (non-hydrogen) atoms. The van der Waals surface area contributed by atoms with E-state index in [2.05, 4.69) is 47.2 Å². The fraction of sp³-hybridized carbons (Fsp3) is 0.172. The molecule has 0 aliphatic heterocycles. The van der Waals surface area contributed by atoms with Crippen molar-refractivity contribution in [2.45, 2.75) is 49.8 Å². The second-order valence-electron chi connectivity index (χ2n) is 16.8. The molecule has 0 amide bonds. The van der Waals surface area contributed by atoms with Gasteiger partial charge in [-0.25, -0.2) is 13.2 Å². The van der Waals surface area contributed by atoms with E-state index in [0.29, 0.717) is 23.3 Å². The third-order valence-corrected chi connectivity index (χ3v) is 13.7. The number of carbonyl (C=O) groups excluding carboxylic acids is 4. The molecule has 8 nitrogen and oxygen atoms in total. The first kappa shape index (κ1) is 46.1. The number of sulfone groups is 1. The molecule has 6 aromatic carbocycles. The molecule has 0 aromatic heterocycles. The Morgan fingerprint density at radius 1 is 0.537 bits per heavy atom. The van der Waals surface area contributed by atoms with E-state index in [9.17, 15) is 27.6 Å². The third kappa shape index (κ3) is 10.6. The number of hydrogen-bond donors (Lipinski definition) is 0. The van der Waals surface area contributed by atoms with Gasteiger partial charge in [0.2, 0.25) is 0 Å². The van der Waals surface area contributed by atoms with Gasteiger partial charge in [-0.1, -0.05) is 115 Å². The number of ketones is 3. The Morgan fingerprint density at radius 2 is 1.06 bits per heavy atom. The molecule has 0 N–H and O–H groups in total. The van der Waals surface area contributed by atoms with E-state index in [1.54, 1.807) is 49.6 Å². The molecule has 6 aromatic rings. The number of methoxy groups -OCH3 is 2. The monoisotopic (exact) mass is 906 g/mol. The zero-order valence-corrected chi connectivity index (χ0v) is 38.5. The van der Waals surface area contributed by atoms with Crippen LogP contribution in [0.5, 0.6) is 5.75 Å². The molecule has 0 bridgehead atoms. The Hall–Kier alpha value is -7.49. The smallest absolute Gasteiger partial charge is 0.337 e. The minimum absolute atomic E-state index is 0.00217. The van der Waals surface area contributed by atoms with Crippen molar-refractivity contribution in [3.8, 4) is 5.75 Å². The van der Waals surface area contributed by atoms with Crippen LogP contribution < -0.4 is 4.74 Å². The highest BCUT2D eigenvalue weighted by Gasteiger charge is 2.26. The van der Waals surface area contributed by atoms with Gasteiger partial charge in [0, 0.05) is 39.7 Å². The number of allylic oxidation sites excluding steroid dienone is 5. The molecule has 4 aliphatic rings. The summed E-state index contributed by atoms with van der Waals surface area (Å²) in [5, 5.41) is 0. The molecule has 0 saturated heterocycles. The summed E-state index contributed by atoms with van der Waals surface area (Å²) in [6.45, 7) is 0. The van der Waals surface area contributed by atoms with Gasteiger partial charge in [0.1, 0.15) is 5.75 Å². The second kappa shape index (κ2) is 20.4. The summed E-state index contributed by atoms with van der Waals surface area (Å²) in [6, 6.07) is 43.4. The van der Waals surface area contributed by atoms with Gasteiger partial charge in [0.05, 0.1) is 24.7 Å². The number of carbonyl (C=O) groups is 4. The molecule has 0 spiro atoms. The van der Waals surface area contributed by atoms with Gasteiger partial charge in [-0.3, -0.25) is 14.4 Å². The molecule has 9 heteroatoms. The SMILES string of the molecule is COC(=O)c1ccc(C=C2CCc3ccccc3C2=O)cc1.COc1ccc2c(c1)C(=O)C(=Cc1ccc(S(C)(=O)=O)cc1)CC2.O=C1C(=C2C=Cc3ccccc3C2)CCc2ccccc21. The van der Waals surface area contributed by atoms with Crippen molar-refractivity contribution in [1.29, 1.82) is 0 Å². The van der Waals surface area contributed by atoms with Gasteiger partial charge < -0.3 is 9.47 Å². The molecule has 0 unspecified atom stereocenters.